The molecule has 0 saturated carbocycles. The quantitative estimate of drug-likeness (QED) is 0.786. The standard InChI is InChI=1S/C15H12N4O/c16-9-14-4-5-15(20-14)10-18-12-2-1-3-13(8-12)19-7-6-17-11-19/h1-8,11,18H,10H2. The third kappa shape index (κ3) is 2.54. The summed E-state index contributed by atoms with van der Waals surface area (Å²) < 4.78 is 7.25. The number of nitrogens with zero attached hydrogens (tertiary/aromatic N) is 3. The summed E-state index contributed by atoms with van der Waals surface area (Å²) in [6.07, 6.45) is 5.39. The first-order valence-corrected chi connectivity index (χ1v) is 6.16. The van der Waals surface area contributed by atoms with E-state index in [1.807, 2.05) is 41.1 Å². The molecule has 2 aromatic heterocycles. The predicted molar refractivity (Wildman–Crippen MR) is 74.3 cm³/mol. The average molecular weight is 264 g/mol. The van der Waals surface area contributed by atoms with Crippen LogP contribution in [0.25, 0.3) is 5.69 Å². The van der Waals surface area contributed by atoms with Crippen LogP contribution in [0.5, 0.6) is 0 Å². The zero-order valence-electron chi connectivity index (χ0n) is 10.7. The van der Waals surface area contributed by atoms with Crippen LogP contribution >= 0.6 is 0 Å². The van der Waals surface area contributed by atoms with E-state index in [1.165, 1.54) is 0 Å². The number of nitriles is 1. The number of hydrogen-bond acceptors (Lipinski definition) is 4. The normalized spacial score (nSPS) is 10.2. The molecule has 98 valence electrons. The number of hydrogen-bond donors (Lipinski definition) is 1. The minimum atomic E-state index is 0.328. The fourth-order valence-electron chi connectivity index (χ4n) is 1.91. The number of nitrogens with one attached hydrogen (secondary N) is 1. The molecule has 0 bridgehead atoms. The van der Waals surface area contributed by atoms with Crippen molar-refractivity contribution in [3.05, 3.63) is 66.6 Å². The fraction of sp³-hybridized carbons (Fsp3) is 0.0667. The molecule has 0 atom stereocenters. The van der Waals surface area contributed by atoms with Crippen LogP contribution in [0.2, 0.25) is 0 Å². The van der Waals surface area contributed by atoms with Gasteiger partial charge < -0.3 is 14.3 Å². The molecule has 0 radical (unpaired) electrons. The van der Waals surface area contributed by atoms with Crippen LogP contribution in [0.4, 0.5) is 5.69 Å². The molecule has 2 heterocycles. The minimum Gasteiger partial charge on any atom is -0.449 e. The van der Waals surface area contributed by atoms with Crippen molar-refractivity contribution in [1.29, 1.82) is 5.26 Å². The zero-order valence-corrected chi connectivity index (χ0v) is 10.7. The van der Waals surface area contributed by atoms with Crippen molar-refractivity contribution in [2.45, 2.75) is 6.54 Å². The van der Waals surface area contributed by atoms with Crippen LogP contribution in [0.3, 0.4) is 0 Å². The molecule has 0 saturated heterocycles. The fourth-order valence-corrected chi connectivity index (χ4v) is 1.91. The lowest BCUT2D eigenvalue weighted by Gasteiger charge is -2.07. The Hall–Kier alpha value is -3.00. The van der Waals surface area contributed by atoms with Gasteiger partial charge in [-0.05, 0) is 30.3 Å². The third-order valence-corrected chi connectivity index (χ3v) is 2.89. The lowest BCUT2D eigenvalue weighted by atomic mass is 10.2. The second-order valence-corrected chi connectivity index (χ2v) is 4.25. The monoisotopic (exact) mass is 264 g/mol. The molecule has 5 nitrogen and oxygen atoms in total. The maximum Gasteiger partial charge on any atom is 0.203 e. The summed E-state index contributed by atoms with van der Waals surface area (Å²) >= 11 is 0. The summed E-state index contributed by atoms with van der Waals surface area (Å²) in [6, 6.07) is 13.4. The average Bonchev–Trinajstić information content (AvgIpc) is 3.17. The molecule has 5 heteroatoms. The Kier molecular flexibility index (Phi) is 3.21. The van der Waals surface area contributed by atoms with E-state index in [9.17, 15) is 0 Å². The Morgan fingerprint density at radius 2 is 2.25 bits per heavy atom. The second-order valence-electron chi connectivity index (χ2n) is 4.25. The number of benzene rings is 1. The molecule has 0 fully saturated rings. The molecule has 0 amide bonds. The van der Waals surface area contributed by atoms with Gasteiger partial charge in [0.1, 0.15) is 11.8 Å². The summed E-state index contributed by atoms with van der Waals surface area (Å²) in [5, 5.41) is 12.0. The maximum absolute atomic E-state index is 8.71. The molecule has 0 aliphatic heterocycles. The summed E-state index contributed by atoms with van der Waals surface area (Å²) in [5.41, 5.74) is 2.01. The van der Waals surface area contributed by atoms with Crippen LogP contribution in [0, 0.1) is 11.3 Å². The third-order valence-electron chi connectivity index (χ3n) is 2.89. The van der Waals surface area contributed by atoms with Gasteiger partial charge in [0.25, 0.3) is 0 Å². The predicted octanol–water partition coefficient (Wildman–Crippen LogP) is 2.95. The molecule has 3 aromatic rings. The largest absolute Gasteiger partial charge is 0.449 e. The van der Waals surface area contributed by atoms with Gasteiger partial charge in [0.2, 0.25) is 5.76 Å². The molecule has 0 aliphatic rings. The summed E-state index contributed by atoms with van der Waals surface area (Å²) in [6.45, 7) is 0.537. The van der Waals surface area contributed by atoms with Gasteiger partial charge in [0.15, 0.2) is 0 Å². The topological polar surface area (TPSA) is 66.8 Å². The van der Waals surface area contributed by atoms with Crippen molar-refractivity contribution >= 4 is 5.69 Å². The summed E-state index contributed by atoms with van der Waals surface area (Å²) in [7, 11) is 0. The Balaban J connectivity index is 1.72. The summed E-state index contributed by atoms with van der Waals surface area (Å²) in [5.74, 6) is 1.06. The van der Waals surface area contributed by atoms with Crippen LogP contribution < -0.4 is 5.32 Å². The Morgan fingerprint density at radius 3 is 3.00 bits per heavy atom. The van der Waals surface area contributed by atoms with Crippen molar-refractivity contribution in [3.8, 4) is 11.8 Å². The van der Waals surface area contributed by atoms with Crippen molar-refractivity contribution in [1.82, 2.24) is 9.55 Å². The molecule has 1 N–H and O–H groups in total. The molecule has 0 spiro atoms. The van der Waals surface area contributed by atoms with Gasteiger partial charge in [-0.15, -0.1) is 0 Å². The molecule has 1 aromatic carbocycles. The Labute approximate surface area is 116 Å². The first-order valence-electron chi connectivity index (χ1n) is 6.16. The van der Waals surface area contributed by atoms with Gasteiger partial charge in [0, 0.05) is 23.8 Å². The Bertz CT molecular complexity index is 737. The van der Waals surface area contributed by atoms with E-state index in [-0.39, 0.29) is 0 Å². The van der Waals surface area contributed by atoms with Crippen molar-refractivity contribution in [3.63, 3.8) is 0 Å². The Morgan fingerprint density at radius 1 is 1.30 bits per heavy atom. The van der Waals surface area contributed by atoms with Crippen molar-refractivity contribution < 1.29 is 4.42 Å². The molecule has 20 heavy (non-hydrogen) atoms. The lowest BCUT2D eigenvalue weighted by Crippen LogP contribution is -1.99. The van der Waals surface area contributed by atoms with Crippen molar-refractivity contribution in [2.75, 3.05) is 5.32 Å². The van der Waals surface area contributed by atoms with Crippen LogP contribution in [0.1, 0.15) is 11.5 Å². The molecule has 0 aliphatic carbocycles. The maximum atomic E-state index is 8.71. The number of aromatic nitrogens is 2. The lowest BCUT2D eigenvalue weighted by molar-refractivity contribution is 0.506. The van der Waals surface area contributed by atoms with E-state index in [0.717, 1.165) is 17.1 Å². The molecular weight excluding hydrogens is 252 g/mol. The van der Waals surface area contributed by atoms with Gasteiger partial charge in [-0.1, -0.05) is 6.07 Å². The van der Waals surface area contributed by atoms with Gasteiger partial charge in [-0.25, -0.2) is 4.98 Å². The first-order chi connectivity index (χ1) is 9.85. The summed E-state index contributed by atoms with van der Waals surface area (Å²) in [4.78, 5) is 4.03. The highest BCUT2D eigenvalue weighted by atomic mass is 16.3. The van der Waals surface area contributed by atoms with Gasteiger partial charge in [-0.2, -0.15) is 5.26 Å². The number of anilines is 1. The molecule has 3 rings (SSSR count). The van der Waals surface area contributed by atoms with E-state index in [4.69, 9.17) is 9.68 Å². The van der Waals surface area contributed by atoms with Crippen LogP contribution in [0.15, 0.2) is 59.5 Å². The van der Waals surface area contributed by atoms with E-state index in [0.29, 0.717) is 12.3 Å². The van der Waals surface area contributed by atoms with Crippen LogP contribution in [-0.4, -0.2) is 9.55 Å². The van der Waals surface area contributed by atoms with Gasteiger partial charge in [-0.3, -0.25) is 0 Å². The zero-order chi connectivity index (χ0) is 13.8. The second kappa shape index (κ2) is 5.33. The van der Waals surface area contributed by atoms with E-state index < -0.39 is 0 Å². The number of furan rings is 1. The number of imidazole rings is 1. The van der Waals surface area contributed by atoms with Gasteiger partial charge in [0.05, 0.1) is 12.9 Å². The highest BCUT2D eigenvalue weighted by Crippen LogP contribution is 2.16. The van der Waals surface area contributed by atoms with E-state index in [1.54, 1.807) is 24.7 Å². The highest BCUT2D eigenvalue weighted by molar-refractivity contribution is 5.51. The van der Waals surface area contributed by atoms with E-state index >= 15 is 0 Å². The number of rotatable bonds is 4. The van der Waals surface area contributed by atoms with E-state index in [2.05, 4.69) is 10.3 Å². The van der Waals surface area contributed by atoms with Gasteiger partial charge >= 0.3 is 0 Å². The highest BCUT2D eigenvalue weighted by Gasteiger charge is 2.02. The van der Waals surface area contributed by atoms with Crippen molar-refractivity contribution in [2.24, 2.45) is 0 Å². The smallest absolute Gasteiger partial charge is 0.203 e. The molecule has 0 unspecified atom stereocenters. The molecular formula is C15H12N4O. The minimum absolute atomic E-state index is 0.328. The van der Waals surface area contributed by atoms with Crippen LogP contribution in [-0.2, 0) is 6.54 Å². The first kappa shape index (κ1) is 12.1. The SMILES string of the molecule is N#Cc1ccc(CNc2cccc(-n3ccnc3)c2)o1.